The van der Waals surface area contributed by atoms with Crippen molar-refractivity contribution in [2.75, 3.05) is 0 Å². The molecule has 31 heavy (non-hydrogen) atoms. The quantitative estimate of drug-likeness (QED) is 0.161. The molecular formula is C23H15Cl2IN2O3. The van der Waals surface area contributed by atoms with Crippen LogP contribution in [0.2, 0.25) is 10.0 Å². The van der Waals surface area contributed by atoms with Crippen LogP contribution in [-0.4, -0.2) is 12.1 Å². The lowest BCUT2D eigenvalue weighted by atomic mass is 10.2. The Balaban J connectivity index is 1.37. The molecule has 0 radical (unpaired) electrons. The summed E-state index contributed by atoms with van der Waals surface area (Å²) in [4.78, 5) is 12.2. The molecule has 8 heteroatoms. The van der Waals surface area contributed by atoms with E-state index in [4.69, 9.17) is 32.4 Å². The maximum Gasteiger partial charge on any atom is 0.307 e. The lowest BCUT2D eigenvalue weighted by Gasteiger charge is -2.10. The predicted octanol–water partition coefficient (Wildman–Crippen LogP) is 6.69. The molecule has 0 atom stereocenters. The van der Waals surface area contributed by atoms with Crippen molar-refractivity contribution >= 4 is 68.9 Å². The van der Waals surface area contributed by atoms with Crippen LogP contribution in [0, 0.1) is 3.57 Å². The van der Waals surface area contributed by atoms with E-state index in [9.17, 15) is 4.79 Å². The first-order valence-corrected chi connectivity index (χ1v) is 11.0. The molecule has 5 nitrogen and oxygen atoms in total. The zero-order valence-corrected chi connectivity index (χ0v) is 19.6. The topological polar surface area (TPSA) is 63.8 Å². The van der Waals surface area contributed by atoms with Gasteiger partial charge in [0, 0.05) is 21.0 Å². The summed E-state index contributed by atoms with van der Waals surface area (Å²) in [5.74, 6) is 0.509. The van der Waals surface area contributed by atoms with Gasteiger partial charge in [0.15, 0.2) is 5.76 Å². The fourth-order valence-electron chi connectivity index (χ4n) is 2.82. The number of nitrogens with zero attached hydrogens (tertiary/aromatic N) is 1. The van der Waals surface area contributed by atoms with Gasteiger partial charge in [-0.25, -0.2) is 5.43 Å². The first-order chi connectivity index (χ1) is 15.0. The summed E-state index contributed by atoms with van der Waals surface area (Å²) < 4.78 is 12.3. The van der Waals surface area contributed by atoms with Crippen molar-refractivity contribution in [2.45, 2.75) is 6.61 Å². The van der Waals surface area contributed by atoms with E-state index in [-0.39, 0.29) is 5.76 Å². The van der Waals surface area contributed by atoms with Crippen LogP contribution in [0.3, 0.4) is 0 Å². The molecule has 3 aromatic carbocycles. The van der Waals surface area contributed by atoms with Crippen molar-refractivity contribution < 1.29 is 13.9 Å². The number of para-hydroxylation sites is 1. The van der Waals surface area contributed by atoms with Crippen LogP contribution in [0.5, 0.6) is 5.75 Å². The maximum atomic E-state index is 12.2. The second-order valence-corrected chi connectivity index (χ2v) is 8.57. The van der Waals surface area contributed by atoms with E-state index in [2.05, 4.69) is 33.1 Å². The Bertz CT molecular complexity index is 1250. The van der Waals surface area contributed by atoms with Crippen LogP contribution in [0.4, 0.5) is 0 Å². The third-order valence-corrected chi connectivity index (χ3v) is 5.81. The van der Waals surface area contributed by atoms with Gasteiger partial charge in [-0.05, 0) is 70.6 Å². The number of carbonyl (C=O) groups excluding carboxylic acids is 1. The number of hydrazone groups is 1. The van der Waals surface area contributed by atoms with E-state index in [1.807, 2.05) is 48.5 Å². The zero-order chi connectivity index (χ0) is 21.8. The van der Waals surface area contributed by atoms with Gasteiger partial charge in [0.05, 0.1) is 9.78 Å². The Morgan fingerprint density at radius 1 is 1.10 bits per heavy atom. The Hall–Kier alpha value is -2.55. The number of benzene rings is 3. The van der Waals surface area contributed by atoms with Crippen molar-refractivity contribution in [3.8, 4) is 5.75 Å². The average molecular weight is 565 g/mol. The third-order valence-electron chi connectivity index (χ3n) is 4.38. The molecule has 1 aromatic heterocycles. The molecular weight excluding hydrogens is 550 g/mol. The maximum absolute atomic E-state index is 12.2. The standard InChI is InChI=1S/C23H15Cl2IN2O3/c24-17-7-6-16(18(25)11-17)13-30-21-8-5-14(9-19(21)26)12-27-28-23(29)22-10-15-3-1-2-4-20(15)31-22/h1-12H,13H2,(H,28,29)/b27-12+. The molecule has 0 saturated carbocycles. The Labute approximate surface area is 202 Å². The second-order valence-electron chi connectivity index (χ2n) is 6.56. The SMILES string of the molecule is O=C(N/N=C/c1ccc(OCc2ccc(Cl)cc2Cl)c(I)c1)c1cc2ccccc2o1. The highest BCUT2D eigenvalue weighted by Crippen LogP contribution is 2.26. The van der Waals surface area contributed by atoms with Gasteiger partial charge in [-0.2, -0.15) is 5.10 Å². The lowest BCUT2D eigenvalue weighted by molar-refractivity contribution is 0.0929. The van der Waals surface area contributed by atoms with E-state index < -0.39 is 5.91 Å². The number of nitrogens with one attached hydrogen (secondary N) is 1. The summed E-state index contributed by atoms with van der Waals surface area (Å²) in [7, 11) is 0. The second kappa shape index (κ2) is 9.72. The molecule has 1 amide bonds. The van der Waals surface area contributed by atoms with Crippen LogP contribution in [0.15, 0.2) is 76.2 Å². The number of furan rings is 1. The minimum Gasteiger partial charge on any atom is -0.488 e. The van der Waals surface area contributed by atoms with Gasteiger partial charge in [-0.1, -0.05) is 47.5 Å². The Morgan fingerprint density at radius 3 is 2.71 bits per heavy atom. The smallest absolute Gasteiger partial charge is 0.307 e. The molecule has 0 unspecified atom stereocenters. The van der Waals surface area contributed by atoms with E-state index >= 15 is 0 Å². The van der Waals surface area contributed by atoms with Gasteiger partial charge in [0.25, 0.3) is 0 Å². The first-order valence-electron chi connectivity index (χ1n) is 9.18. The van der Waals surface area contributed by atoms with Gasteiger partial charge in [-0.3, -0.25) is 4.79 Å². The normalized spacial score (nSPS) is 11.2. The fraction of sp³-hybridized carbons (Fsp3) is 0.0435. The molecule has 0 aliphatic heterocycles. The fourth-order valence-corrected chi connectivity index (χ4v) is 3.98. The highest BCUT2D eigenvalue weighted by molar-refractivity contribution is 14.1. The first kappa shape index (κ1) is 21.7. The summed E-state index contributed by atoms with van der Waals surface area (Å²) in [6.07, 6.45) is 1.56. The number of halogens is 3. The van der Waals surface area contributed by atoms with E-state index in [0.29, 0.717) is 22.2 Å². The van der Waals surface area contributed by atoms with Crippen LogP contribution >= 0.6 is 45.8 Å². The molecule has 156 valence electrons. The summed E-state index contributed by atoms with van der Waals surface area (Å²) in [6.45, 7) is 0.326. The van der Waals surface area contributed by atoms with Crippen molar-refractivity contribution in [2.24, 2.45) is 5.10 Å². The highest BCUT2D eigenvalue weighted by atomic mass is 127. The zero-order valence-electron chi connectivity index (χ0n) is 15.9. The number of carbonyl (C=O) groups is 1. The van der Waals surface area contributed by atoms with Gasteiger partial charge in [0.1, 0.15) is 17.9 Å². The number of hydrogen-bond acceptors (Lipinski definition) is 4. The van der Waals surface area contributed by atoms with Gasteiger partial charge in [0.2, 0.25) is 0 Å². The Morgan fingerprint density at radius 2 is 1.94 bits per heavy atom. The average Bonchev–Trinajstić information content (AvgIpc) is 3.19. The molecule has 0 fully saturated rings. The number of hydrogen-bond donors (Lipinski definition) is 1. The van der Waals surface area contributed by atoms with Crippen molar-refractivity contribution in [1.29, 1.82) is 0 Å². The molecule has 1 N–H and O–H groups in total. The summed E-state index contributed by atoms with van der Waals surface area (Å²) >= 11 is 14.3. The minimum atomic E-state index is -0.415. The summed E-state index contributed by atoms with van der Waals surface area (Å²) in [5.41, 5.74) is 4.79. The van der Waals surface area contributed by atoms with Crippen LogP contribution in [0.25, 0.3) is 11.0 Å². The monoisotopic (exact) mass is 564 g/mol. The molecule has 1 heterocycles. The number of amides is 1. The largest absolute Gasteiger partial charge is 0.488 e. The molecule has 0 saturated heterocycles. The van der Waals surface area contributed by atoms with E-state index in [1.165, 1.54) is 0 Å². The van der Waals surface area contributed by atoms with Crippen LogP contribution in [0.1, 0.15) is 21.7 Å². The highest BCUT2D eigenvalue weighted by Gasteiger charge is 2.11. The van der Waals surface area contributed by atoms with Crippen LogP contribution in [-0.2, 0) is 6.61 Å². The van der Waals surface area contributed by atoms with Crippen molar-refractivity contribution in [1.82, 2.24) is 5.43 Å². The van der Waals surface area contributed by atoms with Crippen molar-refractivity contribution in [3.05, 3.63) is 97.2 Å². The van der Waals surface area contributed by atoms with E-state index in [0.717, 1.165) is 25.8 Å². The van der Waals surface area contributed by atoms with Gasteiger partial charge >= 0.3 is 5.91 Å². The molecule has 0 spiro atoms. The molecule has 0 bridgehead atoms. The number of rotatable bonds is 6. The summed E-state index contributed by atoms with van der Waals surface area (Å²) in [6, 6.07) is 20.0. The predicted molar refractivity (Wildman–Crippen MR) is 131 cm³/mol. The van der Waals surface area contributed by atoms with Crippen molar-refractivity contribution in [3.63, 3.8) is 0 Å². The third kappa shape index (κ3) is 5.39. The lowest BCUT2D eigenvalue weighted by Crippen LogP contribution is -2.16. The number of fused-ring (bicyclic) bond motifs is 1. The summed E-state index contributed by atoms with van der Waals surface area (Å²) in [5, 5.41) is 6.02. The van der Waals surface area contributed by atoms with Gasteiger partial charge < -0.3 is 9.15 Å². The molecule has 0 aliphatic rings. The van der Waals surface area contributed by atoms with Gasteiger partial charge in [-0.15, -0.1) is 0 Å². The van der Waals surface area contributed by atoms with E-state index in [1.54, 1.807) is 24.4 Å². The van der Waals surface area contributed by atoms with Crippen LogP contribution < -0.4 is 10.2 Å². The minimum absolute atomic E-state index is 0.206. The molecule has 4 aromatic rings. The Kier molecular flexibility index (Phi) is 6.80. The molecule has 4 rings (SSSR count). The molecule has 0 aliphatic carbocycles. The number of ether oxygens (including phenoxy) is 1.